The minimum atomic E-state index is -0.715. The van der Waals surface area contributed by atoms with Crippen LogP contribution in [0.3, 0.4) is 0 Å². The third-order valence-electron chi connectivity index (χ3n) is 2.79. The molecule has 1 aromatic rings. The van der Waals surface area contributed by atoms with E-state index >= 15 is 0 Å². The van der Waals surface area contributed by atoms with Crippen LogP contribution in [0, 0.1) is 11.8 Å². The number of carbonyl (C=O) groups excluding carboxylic acids is 2. The molecule has 0 bridgehead atoms. The fourth-order valence-corrected chi connectivity index (χ4v) is 1.87. The topological polar surface area (TPSA) is 63.6 Å². The molecule has 0 aromatic heterocycles. The van der Waals surface area contributed by atoms with Crippen molar-refractivity contribution in [3.63, 3.8) is 0 Å². The van der Waals surface area contributed by atoms with Gasteiger partial charge >= 0.3 is 11.9 Å². The Labute approximate surface area is 92.8 Å². The van der Waals surface area contributed by atoms with Gasteiger partial charge in [0, 0.05) is 0 Å². The fourth-order valence-electron chi connectivity index (χ4n) is 1.87. The second kappa shape index (κ2) is 4.45. The molecule has 1 heterocycles. The maximum atomic E-state index is 11.4. The Morgan fingerprint density at radius 3 is 2.31 bits per heavy atom. The van der Waals surface area contributed by atoms with E-state index in [1.165, 1.54) is 0 Å². The molecule has 4 nitrogen and oxygen atoms in total. The molecule has 1 aromatic carbocycles. The number of rotatable bonds is 3. The van der Waals surface area contributed by atoms with Crippen LogP contribution in [-0.4, -0.2) is 23.7 Å². The molecule has 1 fully saturated rings. The Morgan fingerprint density at radius 2 is 1.69 bits per heavy atom. The molecule has 0 spiro atoms. The maximum absolute atomic E-state index is 11.4. The summed E-state index contributed by atoms with van der Waals surface area (Å²) in [5.74, 6) is -2.42. The summed E-state index contributed by atoms with van der Waals surface area (Å²) in [6.07, 6.45) is 0.427. The number of hydrogen-bond donors (Lipinski definition) is 1. The molecule has 0 aliphatic carbocycles. The first-order valence-electron chi connectivity index (χ1n) is 5.12. The highest BCUT2D eigenvalue weighted by atomic mass is 16.6. The Kier molecular flexibility index (Phi) is 3.01. The predicted molar refractivity (Wildman–Crippen MR) is 55.3 cm³/mol. The number of ether oxygens (including phenoxy) is 1. The first-order valence-corrected chi connectivity index (χ1v) is 5.12. The minimum Gasteiger partial charge on any atom is -0.395 e. The number of aliphatic hydroxyl groups is 1. The van der Waals surface area contributed by atoms with E-state index in [9.17, 15) is 9.59 Å². The Bertz CT molecular complexity index is 399. The Morgan fingerprint density at radius 1 is 1.06 bits per heavy atom. The highest BCUT2D eigenvalue weighted by Gasteiger charge is 2.43. The van der Waals surface area contributed by atoms with Crippen molar-refractivity contribution in [3.8, 4) is 0 Å². The summed E-state index contributed by atoms with van der Waals surface area (Å²) in [6, 6.07) is 9.37. The minimum absolute atomic E-state index is 0.345. The van der Waals surface area contributed by atoms with E-state index in [1.807, 2.05) is 30.3 Å². The molecule has 1 aliphatic heterocycles. The van der Waals surface area contributed by atoms with Crippen molar-refractivity contribution in [2.24, 2.45) is 11.8 Å². The molecule has 84 valence electrons. The summed E-state index contributed by atoms with van der Waals surface area (Å²) in [7, 11) is 0. The molecular weight excluding hydrogens is 208 g/mol. The number of aliphatic hydroxyl groups excluding tert-OH is 1. The zero-order valence-corrected chi connectivity index (χ0v) is 8.63. The van der Waals surface area contributed by atoms with Gasteiger partial charge in [0.1, 0.15) is 0 Å². The van der Waals surface area contributed by atoms with Gasteiger partial charge in [-0.2, -0.15) is 0 Å². The summed E-state index contributed by atoms with van der Waals surface area (Å²) >= 11 is 0. The molecule has 0 saturated carbocycles. The van der Waals surface area contributed by atoms with Crippen LogP contribution >= 0.6 is 0 Å². The highest BCUT2D eigenvalue weighted by molar-refractivity contribution is 5.96. The third kappa shape index (κ3) is 1.97. The van der Waals surface area contributed by atoms with E-state index in [0.29, 0.717) is 6.42 Å². The standard InChI is InChI=1S/C12H12O4/c13-7-10-9(11(14)16-12(10)15)6-8-4-2-1-3-5-8/h1-5,9-10,13H,6-7H2. The van der Waals surface area contributed by atoms with Gasteiger partial charge in [-0.05, 0) is 12.0 Å². The van der Waals surface area contributed by atoms with Crippen molar-refractivity contribution in [1.82, 2.24) is 0 Å². The monoisotopic (exact) mass is 220 g/mol. The van der Waals surface area contributed by atoms with Crippen LogP contribution in [0.5, 0.6) is 0 Å². The lowest BCUT2D eigenvalue weighted by Gasteiger charge is -2.10. The van der Waals surface area contributed by atoms with E-state index in [0.717, 1.165) is 5.56 Å². The van der Waals surface area contributed by atoms with Gasteiger partial charge in [0.05, 0.1) is 18.4 Å². The first kappa shape index (κ1) is 10.8. The zero-order valence-electron chi connectivity index (χ0n) is 8.63. The average molecular weight is 220 g/mol. The van der Waals surface area contributed by atoms with Crippen molar-refractivity contribution in [2.45, 2.75) is 6.42 Å². The molecule has 1 saturated heterocycles. The molecule has 2 unspecified atom stereocenters. The quantitative estimate of drug-likeness (QED) is 0.596. The molecule has 4 heteroatoms. The molecule has 1 N–H and O–H groups in total. The average Bonchev–Trinajstić information content (AvgIpc) is 2.55. The van der Waals surface area contributed by atoms with Gasteiger partial charge in [-0.1, -0.05) is 30.3 Å². The Balaban J connectivity index is 2.14. The lowest BCUT2D eigenvalue weighted by atomic mass is 9.89. The lowest BCUT2D eigenvalue weighted by molar-refractivity contribution is -0.154. The first-order chi connectivity index (χ1) is 7.72. The SMILES string of the molecule is O=C1OC(=O)C(Cc2ccccc2)C1CO. The molecule has 0 radical (unpaired) electrons. The summed E-state index contributed by atoms with van der Waals surface area (Å²) in [5, 5.41) is 9.05. The number of benzene rings is 1. The summed E-state index contributed by atoms with van der Waals surface area (Å²) in [4.78, 5) is 22.6. The summed E-state index contributed by atoms with van der Waals surface area (Å²) in [6.45, 7) is -0.345. The fraction of sp³-hybridized carbons (Fsp3) is 0.333. The maximum Gasteiger partial charge on any atom is 0.319 e. The number of carbonyl (C=O) groups is 2. The lowest BCUT2D eigenvalue weighted by Crippen LogP contribution is -2.23. The van der Waals surface area contributed by atoms with Crippen molar-refractivity contribution in [2.75, 3.05) is 6.61 Å². The van der Waals surface area contributed by atoms with E-state index < -0.39 is 23.8 Å². The largest absolute Gasteiger partial charge is 0.395 e. The van der Waals surface area contributed by atoms with Gasteiger partial charge in [0.25, 0.3) is 0 Å². The van der Waals surface area contributed by atoms with Gasteiger partial charge in [-0.15, -0.1) is 0 Å². The van der Waals surface area contributed by atoms with Crippen LogP contribution in [0.15, 0.2) is 30.3 Å². The second-order valence-corrected chi connectivity index (χ2v) is 3.83. The molecular formula is C12H12O4. The number of hydrogen-bond acceptors (Lipinski definition) is 4. The number of cyclic esters (lactones) is 2. The van der Waals surface area contributed by atoms with Crippen LogP contribution in [-0.2, 0) is 20.7 Å². The van der Waals surface area contributed by atoms with Crippen molar-refractivity contribution in [1.29, 1.82) is 0 Å². The Hall–Kier alpha value is -1.68. The molecule has 0 amide bonds. The normalized spacial score (nSPS) is 24.6. The predicted octanol–water partition coefficient (Wildman–Crippen LogP) is 0.537. The highest BCUT2D eigenvalue weighted by Crippen LogP contribution is 2.26. The van der Waals surface area contributed by atoms with Crippen molar-refractivity contribution in [3.05, 3.63) is 35.9 Å². The van der Waals surface area contributed by atoms with Gasteiger partial charge in [0.2, 0.25) is 0 Å². The summed E-state index contributed by atoms with van der Waals surface area (Å²) < 4.78 is 4.51. The zero-order chi connectivity index (χ0) is 11.5. The second-order valence-electron chi connectivity index (χ2n) is 3.83. The van der Waals surface area contributed by atoms with Gasteiger partial charge in [-0.25, -0.2) is 0 Å². The summed E-state index contributed by atoms with van der Waals surface area (Å²) in [5.41, 5.74) is 0.956. The van der Waals surface area contributed by atoms with Crippen molar-refractivity contribution < 1.29 is 19.4 Å². The van der Waals surface area contributed by atoms with Gasteiger partial charge < -0.3 is 9.84 Å². The molecule has 16 heavy (non-hydrogen) atoms. The van der Waals surface area contributed by atoms with Gasteiger partial charge in [-0.3, -0.25) is 9.59 Å². The number of esters is 2. The molecule has 2 atom stereocenters. The van der Waals surface area contributed by atoms with E-state index in [1.54, 1.807) is 0 Å². The van der Waals surface area contributed by atoms with Crippen LogP contribution in [0.1, 0.15) is 5.56 Å². The van der Waals surface area contributed by atoms with E-state index in [4.69, 9.17) is 5.11 Å². The van der Waals surface area contributed by atoms with Crippen LogP contribution in [0.25, 0.3) is 0 Å². The van der Waals surface area contributed by atoms with Crippen LogP contribution in [0.2, 0.25) is 0 Å². The molecule has 1 aliphatic rings. The van der Waals surface area contributed by atoms with Gasteiger partial charge in [0.15, 0.2) is 0 Å². The van der Waals surface area contributed by atoms with E-state index in [2.05, 4.69) is 4.74 Å². The van der Waals surface area contributed by atoms with Crippen LogP contribution in [0.4, 0.5) is 0 Å². The van der Waals surface area contributed by atoms with E-state index in [-0.39, 0.29) is 6.61 Å². The van der Waals surface area contributed by atoms with Crippen molar-refractivity contribution >= 4 is 11.9 Å². The molecule has 2 rings (SSSR count). The third-order valence-corrected chi connectivity index (χ3v) is 2.79. The van der Waals surface area contributed by atoms with Crippen LogP contribution < -0.4 is 0 Å². The smallest absolute Gasteiger partial charge is 0.319 e.